The normalized spacial score (nSPS) is 19.7. The van der Waals surface area contributed by atoms with Gasteiger partial charge in [-0.3, -0.25) is 9.59 Å². The van der Waals surface area contributed by atoms with Crippen LogP contribution in [0.5, 0.6) is 0 Å². The summed E-state index contributed by atoms with van der Waals surface area (Å²) in [5.41, 5.74) is 3.43. The van der Waals surface area contributed by atoms with Crippen molar-refractivity contribution >= 4 is 40.5 Å². The first-order valence-electron chi connectivity index (χ1n) is 15.6. The van der Waals surface area contributed by atoms with E-state index in [1.54, 1.807) is 6.08 Å². The minimum Gasteiger partial charge on any atom is -0.351 e. The second-order valence-electron chi connectivity index (χ2n) is 11.7. The molecule has 0 saturated carbocycles. The van der Waals surface area contributed by atoms with E-state index in [0.29, 0.717) is 19.6 Å². The second-order valence-corrected chi connectivity index (χ2v) is 12.9. The first-order chi connectivity index (χ1) is 21.0. The van der Waals surface area contributed by atoms with E-state index >= 15 is 0 Å². The Morgan fingerprint density at radius 2 is 1.58 bits per heavy atom. The van der Waals surface area contributed by atoms with Crippen LogP contribution in [-0.4, -0.2) is 73.0 Å². The first-order valence-corrected chi connectivity index (χ1v) is 16.7. The van der Waals surface area contributed by atoms with Crippen LogP contribution in [0.4, 0.5) is 0 Å². The molecular formula is C36H43IN4O2. The van der Waals surface area contributed by atoms with Crippen LogP contribution < -0.4 is 10.6 Å². The fourth-order valence-electron chi connectivity index (χ4n) is 6.18. The summed E-state index contributed by atoms with van der Waals surface area (Å²) in [4.78, 5) is 31.4. The molecule has 0 bridgehead atoms. The Balaban J connectivity index is 1.26. The summed E-state index contributed by atoms with van der Waals surface area (Å²) in [6.07, 6.45) is 8.54. The van der Waals surface area contributed by atoms with Gasteiger partial charge in [0.25, 0.3) is 0 Å². The molecule has 0 spiro atoms. The van der Waals surface area contributed by atoms with Gasteiger partial charge in [0, 0.05) is 41.2 Å². The molecule has 2 aliphatic rings. The molecule has 2 atom stereocenters. The van der Waals surface area contributed by atoms with Crippen LogP contribution in [0.2, 0.25) is 0 Å². The van der Waals surface area contributed by atoms with Gasteiger partial charge in [0.1, 0.15) is 0 Å². The molecule has 2 N–H and O–H groups in total. The average Bonchev–Trinajstić information content (AvgIpc) is 3.51. The molecule has 43 heavy (non-hydrogen) atoms. The maximum absolute atomic E-state index is 14.1. The third kappa shape index (κ3) is 9.49. The third-order valence-corrected chi connectivity index (χ3v) is 9.31. The van der Waals surface area contributed by atoms with Crippen molar-refractivity contribution in [3.05, 3.63) is 111 Å². The molecule has 6 nitrogen and oxygen atoms in total. The molecule has 2 fully saturated rings. The summed E-state index contributed by atoms with van der Waals surface area (Å²) < 4.78 is 1.16. The van der Waals surface area contributed by atoms with Crippen LogP contribution >= 0.6 is 22.6 Å². The molecular weight excluding hydrogens is 647 g/mol. The highest BCUT2D eigenvalue weighted by atomic mass is 127. The van der Waals surface area contributed by atoms with Crippen LogP contribution in [0, 0.1) is 3.57 Å². The lowest BCUT2D eigenvalue weighted by atomic mass is 9.90. The Labute approximate surface area is 270 Å². The van der Waals surface area contributed by atoms with Gasteiger partial charge in [0.2, 0.25) is 11.8 Å². The molecule has 226 valence electrons. The lowest BCUT2D eigenvalue weighted by Crippen LogP contribution is -2.49. The monoisotopic (exact) mass is 690 g/mol. The van der Waals surface area contributed by atoms with E-state index in [1.165, 1.54) is 37.1 Å². The number of carbonyl (C=O) groups excluding carboxylic acids is 2. The quantitative estimate of drug-likeness (QED) is 0.190. The van der Waals surface area contributed by atoms with Crippen molar-refractivity contribution in [2.24, 2.45) is 0 Å². The second kappa shape index (κ2) is 16.2. The number of carbonyl (C=O) groups is 2. The molecule has 0 unspecified atom stereocenters. The van der Waals surface area contributed by atoms with Gasteiger partial charge in [0.05, 0.1) is 6.04 Å². The van der Waals surface area contributed by atoms with Crippen molar-refractivity contribution in [2.75, 3.05) is 39.3 Å². The molecule has 2 saturated heterocycles. The highest BCUT2D eigenvalue weighted by Crippen LogP contribution is 2.27. The molecule has 3 aromatic carbocycles. The topological polar surface area (TPSA) is 64.7 Å². The van der Waals surface area contributed by atoms with E-state index in [-0.39, 0.29) is 29.8 Å². The minimum atomic E-state index is -0.262. The molecule has 0 radical (unpaired) electrons. The van der Waals surface area contributed by atoms with E-state index in [1.807, 2.05) is 42.5 Å². The van der Waals surface area contributed by atoms with Crippen molar-refractivity contribution in [3.8, 4) is 0 Å². The summed E-state index contributed by atoms with van der Waals surface area (Å²) in [7, 11) is 0. The predicted octanol–water partition coefficient (Wildman–Crippen LogP) is 5.69. The lowest BCUT2D eigenvalue weighted by molar-refractivity contribution is -0.133. The SMILES string of the molecule is O=C(/C=C/c1ccc(I)cc1)NC[C@@H]1CCN(CC(c2ccccc2)c2ccccc2)C(=O)[C@H](CCCN2CCCC2)N1. The highest BCUT2D eigenvalue weighted by molar-refractivity contribution is 14.1. The molecule has 2 aliphatic heterocycles. The predicted molar refractivity (Wildman–Crippen MR) is 183 cm³/mol. The number of hydrogen-bond donors (Lipinski definition) is 2. The molecule has 2 heterocycles. The fourth-order valence-corrected chi connectivity index (χ4v) is 6.54. The van der Waals surface area contributed by atoms with Gasteiger partial charge in [-0.2, -0.15) is 0 Å². The number of nitrogens with one attached hydrogen (secondary N) is 2. The Morgan fingerprint density at radius 3 is 2.23 bits per heavy atom. The van der Waals surface area contributed by atoms with Gasteiger partial charge >= 0.3 is 0 Å². The van der Waals surface area contributed by atoms with E-state index in [0.717, 1.165) is 34.9 Å². The van der Waals surface area contributed by atoms with Gasteiger partial charge in [-0.15, -0.1) is 0 Å². The summed E-state index contributed by atoms with van der Waals surface area (Å²) >= 11 is 2.27. The van der Waals surface area contributed by atoms with Crippen LogP contribution in [0.15, 0.2) is 91.0 Å². The Kier molecular flexibility index (Phi) is 11.8. The molecule has 3 aromatic rings. The van der Waals surface area contributed by atoms with Crippen LogP contribution in [0.1, 0.15) is 54.7 Å². The average molecular weight is 691 g/mol. The Morgan fingerprint density at radius 1 is 0.930 bits per heavy atom. The number of halogens is 1. The van der Waals surface area contributed by atoms with Gasteiger partial charge in [-0.1, -0.05) is 72.8 Å². The van der Waals surface area contributed by atoms with Crippen molar-refractivity contribution in [1.82, 2.24) is 20.4 Å². The van der Waals surface area contributed by atoms with E-state index < -0.39 is 0 Å². The van der Waals surface area contributed by atoms with E-state index in [2.05, 4.69) is 91.6 Å². The Hall–Kier alpha value is -3.01. The summed E-state index contributed by atoms with van der Waals surface area (Å²) in [6, 6.07) is 28.8. The van der Waals surface area contributed by atoms with Crippen molar-refractivity contribution in [2.45, 2.75) is 50.1 Å². The number of amides is 2. The number of benzene rings is 3. The minimum absolute atomic E-state index is 0.0216. The lowest BCUT2D eigenvalue weighted by Gasteiger charge is -2.29. The maximum Gasteiger partial charge on any atom is 0.244 e. The van der Waals surface area contributed by atoms with Crippen molar-refractivity contribution < 1.29 is 9.59 Å². The standard InChI is InChI=1S/C36H43IN4O2/c37-31-18-15-28(16-19-31)17-20-35(42)38-26-32-21-25-41(36(43)34(39-32)14-9-24-40-22-7-8-23-40)27-33(29-10-3-1-4-11-29)30-12-5-2-6-13-30/h1-6,10-13,15-20,32-34,39H,7-9,14,21-27H2,(H,38,42)/b20-17+/t32-,34-/m0/s1. The fraction of sp³-hybridized carbons (Fsp3) is 0.389. The van der Waals surface area contributed by atoms with Gasteiger partial charge in [0.15, 0.2) is 0 Å². The summed E-state index contributed by atoms with van der Waals surface area (Å²) in [5, 5.41) is 6.74. The maximum atomic E-state index is 14.1. The zero-order valence-corrected chi connectivity index (χ0v) is 27.0. The summed E-state index contributed by atoms with van der Waals surface area (Å²) in [6.45, 7) is 5.14. The van der Waals surface area contributed by atoms with Crippen molar-refractivity contribution in [3.63, 3.8) is 0 Å². The zero-order chi connectivity index (χ0) is 29.9. The van der Waals surface area contributed by atoms with Gasteiger partial charge in [-0.05, 0) is 109 Å². The zero-order valence-electron chi connectivity index (χ0n) is 24.8. The molecule has 0 aliphatic carbocycles. The molecule has 5 rings (SSSR count). The summed E-state index contributed by atoms with van der Waals surface area (Å²) in [5.74, 6) is 0.150. The number of likely N-dealkylation sites (tertiary alicyclic amines) is 1. The molecule has 2 amide bonds. The van der Waals surface area contributed by atoms with Crippen LogP contribution in [-0.2, 0) is 9.59 Å². The number of nitrogens with zero attached hydrogens (tertiary/aromatic N) is 2. The van der Waals surface area contributed by atoms with E-state index in [9.17, 15) is 9.59 Å². The van der Waals surface area contributed by atoms with Gasteiger partial charge < -0.3 is 20.4 Å². The largest absolute Gasteiger partial charge is 0.351 e. The van der Waals surface area contributed by atoms with E-state index in [4.69, 9.17) is 0 Å². The van der Waals surface area contributed by atoms with Crippen molar-refractivity contribution in [1.29, 1.82) is 0 Å². The number of hydrogen-bond acceptors (Lipinski definition) is 4. The molecule has 7 heteroatoms. The van der Waals surface area contributed by atoms with Crippen LogP contribution in [0.3, 0.4) is 0 Å². The highest BCUT2D eigenvalue weighted by Gasteiger charge is 2.32. The number of rotatable bonds is 12. The smallest absolute Gasteiger partial charge is 0.244 e. The molecule has 0 aromatic heterocycles. The third-order valence-electron chi connectivity index (χ3n) is 8.59. The van der Waals surface area contributed by atoms with Crippen LogP contribution in [0.25, 0.3) is 6.08 Å². The van der Waals surface area contributed by atoms with Gasteiger partial charge in [-0.25, -0.2) is 0 Å². The first kappa shape index (κ1) is 31.4. The Bertz CT molecular complexity index is 1290.